The zero-order valence-electron chi connectivity index (χ0n) is 7.73. The van der Waals surface area contributed by atoms with Crippen LogP contribution in [0.5, 0.6) is 0 Å². The van der Waals surface area contributed by atoms with Crippen molar-refractivity contribution in [2.24, 2.45) is 5.92 Å². The molecule has 1 saturated carbocycles. The van der Waals surface area contributed by atoms with E-state index in [1.807, 2.05) is 6.92 Å². The largest absolute Gasteiger partial charge is 0.389 e. The zero-order chi connectivity index (χ0) is 9.31. The van der Waals surface area contributed by atoms with Crippen molar-refractivity contribution in [3.05, 3.63) is 11.9 Å². The first-order valence-corrected chi connectivity index (χ1v) is 5.40. The van der Waals surface area contributed by atoms with E-state index in [-0.39, 0.29) is 0 Å². The van der Waals surface area contributed by atoms with Crippen LogP contribution in [0, 0.1) is 5.92 Å². The quantitative estimate of drug-likeness (QED) is 0.803. The van der Waals surface area contributed by atoms with Gasteiger partial charge in [0.15, 0.2) is 0 Å². The highest BCUT2D eigenvalue weighted by Crippen LogP contribution is 2.37. The average Bonchev–Trinajstić information content (AvgIpc) is 2.32. The molecule has 1 aromatic heterocycles. The standard InChI is InChI=1S/C9H14N2OS/c1-9(12,7-3-2-4-7)5-8-6-10-13-11-8/h6-7,12H,2-5H2,1H3. The lowest BCUT2D eigenvalue weighted by Crippen LogP contribution is -2.40. The van der Waals surface area contributed by atoms with Crippen molar-refractivity contribution in [1.29, 1.82) is 0 Å². The first-order valence-electron chi connectivity index (χ1n) is 4.67. The highest BCUT2D eigenvalue weighted by molar-refractivity contribution is 6.99. The van der Waals surface area contributed by atoms with Gasteiger partial charge in [-0.2, -0.15) is 8.75 Å². The summed E-state index contributed by atoms with van der Waals surface area (Å²) >= 11 is 1.21. The van der Waals surface area contributed by atoms with Crippen molar-refractivity contribution >= 4 is 11.7 Å². The highest BCUT2D eigenvalue weighted by Gasteiger charge is 2.36. The van der Waals surface area contributed by atoms with Crippen LogP contribution in [-0.4, -0.2) is 19.5 Å². The summed E-state index contributed by atoms with van der Waals surface area (Å²) in [4.78, 5) is 0. The fourth-order valence-electron chi connectivity index (χ4n) is 1.80. The normalized spacial score (nSPS) is 22.3. The fourth-order valence-corrected chi connectivity index (χ4v) is 2.24. The SMILES string of the molecule is CC(O)(Cc1cnsn1)C1CCC1. The molecule has 0 spiro atoms. The van der Waals surface area contributed by atoms with Crippen molar-refractivity contribution in [1.82, 2.24) is 8.75 Å². The predicted molar refractivity (Wildman–Crippen MR) is 51.6 cm³/mol. The van der Waals surface area contributed by atoms with Gasteiger partial charge in [0, 0.05) is 6.42 Å². The number of hydrogen-bond acceptors (Lipinski definition) is 4. The van der Waals surface area contributed by atoms with E-state index in [1.165, 1.54) is 18.1 Å². The Labute approximate surface area is 82.1 Å². The minimum atomic E-state index is -0.575. The first-order chi connectivity index (χ1) is 6.18. The molecule has 1 fully saturated rings. The number of aromatic nitrogens is 2. The van der Waals surface area contributed by atoms with Gasteiger partial charge >= 0.3 is 0 Å². The van der Waals surface area contributed by atoms with Crippen LogP contribution in [0.3, 0.4) is 0 Å². The monoisotopic (exact) mass is 198 g/mol. The van der Waals surface area contributed by atoms with Crippen LogP contribution in [0.15, 0.2) is 6.20 Å². The van der Waals surface area contributed by atoms with Gasteiger partial charge in [-0.15, -0.1) is 0 Å². The molecule has 0 amide bonds. The van der Waals surface area contributed by atoms with Gasteiger partial charge in [-0.05, 0) is 25.7 Å². The summed E-state index contributed by atoms with van der Waals surface area (Å²) in [6, 6.07) is 0. The summed E-state index contributed by atoms with van der Waals surface area (Å²) in [5.74, 6) is 0.467. The van der Waals surface area contributed by atoms with Gasteiger partial charge in [0.1, 0.15) is 0 Å². The molecule has 0 saturated heterocycles. The molecule has 1 aromatic rings. The van der Waals surface area contributed by atoms with E-state index in [0.717, 1.165) is 18.5 Å². The number of hydrogen-bond donors (Lipinski definition) is 1. The summed E-state index contributed by atoms with van der Waals surface area (Å²) in [5, 5.41) is 10.1. The minimum Gasteiger partial charge on any atom is -0.389 e. The lowest BCUT2D eigenvalue weighted by molar-refractivity contribution is -0.0345. The second-order valence-corrected chi connectivity index (χ2v) is 4.62. The lowest BCUT2D eigenvalue weighted by Gasteiger charge is -2.38. The molecular weight excluding hydrogens is 184 g/mol. The van der Waals surface area contributed by atoms with E-state index in [9.17, 15) is 5.11 Å². The molecule has 13 heavy (non-hydrogen) atoms. The summed E-state index contributed by atoms with van der Waals surface area (Å²) in [6.07, 6.45) is 5.97. The van der Waals surface area contributed by atoms with E-state index < -0.39 is 5.60 Å². The molecule has 1 heterocycles. The maximum Gasteiger partial charge on any atom is 0.0771 e. The molecule has 3 nitrogen and oxygen atoms in total. The molecule has 2 rings (SSSR count). The van der Waals surface area contributed by atoms with Crippen molar-refractivity contribution in [2.75, 3.05) is 0 Å². The molecule has 1 aliphatic carbocycles. The Hall–Kier alpha value is -0.480. The minimum absolute atomic E-state index is 0.467. The van der Waals surface area contributed by atoms with E-state index in [1.54, 1.807) is 6.20 Å². The number of nitrogens with zero attached hydrogens (tertiary/aromatic N) is 2. The van der Waals surface area contributed by atoms with Crippen molar-refractivity contribution in [3.63, 3.8) is 0 Å². The Bertz CT molecular complexity index is 267. The molecule has 0 bridgehead atoms. The van der Waals surface area contributed by atoms with Crippen LogP contribution in [0.1, 0.15) is 31.9 Å². The Balaban J connectivity index is 1.99. The van der Waals surface area contributed by atoms with Crippen LogP contribution in [0.2, 0.25) is 0 Å². The highest BCUT2D eigenvalue weighted by atomic mass is 32.1. The van der Waals surface area contributed by atoms with Crippen LogP contribution in [0.25, 0.3) is 0 Å². The molecule has 0 aromatic carbocycles. The second kappa shape index (κ2) is 3.35. The van der Waals surface area contributed by atoms with E-state index >= 15 is 0 Å². The first kappa shape index (κ1) is 9.09. The third-order valence-corrected chi connectivity index (χ3v) is 3.45. The molecule has 1 unspecified atom stereocenters. The van der Waals surface area contributed by atoms with Gasteiger partial charge in [-0.1, -0.05) is 6.42 Å². The maximum atomic E-state index is 10.1. The average molecular weight is 198 g/mol. The smallest absolute Gasteiger partial charge is 0.0771 e. The number of rotatable bonds is 3. The van der Waals surface area contributed by atoms with Gasteiger partial charge in [0.05, 0.1) is 29.2 Å². The fraction of sp³-hybridized carbons (Fsp3) is 0.778. The van der Waals surface area contributed by atoms with Crippen molar-refractivity contribution < 1.29 is 5.11 Å². The Kier molecular flexibility index (Phi) is 2.34. The molecule has 1 N–H and O–H groups in total. The summed E-state index contributed by atoms with van der Waals surface area (Å²) in [6.45, 7) is 1.91. The lowest BCUT2D eigenvalue weighted by atomic mass is 9.72. The van der Waals surface area contributed by atoms with Crippen LogP contribution in [0.4, 0.5) is 0 Å². The topological polar surface area (TPSA) is 46.0 Å². The third kappa shape index (κ3) is 1.89. The third-order valence-electron chi connectivity index (χ3n) is 2.93. The van der Waals surface area contributed by atoms with Crippen molar-refractivity contribution in [3.8, 4) is 0 Å². The van der Waals surface area contributed by atoms with Crippen LogP contribution in [-0.2, 0) is 6.42 Å². The summed E-state index contributed by atoms with van der Waals surface area (Å²) in [7, 11) is 0. The summed E-state index contributed by atoms with van der Waals surface area (Å²) in [5.41, 5.74) is 0.343. The molecular formula is C9H14N2OS. The Morgan fingerprint density at radius 3 is 2.92 bits per heavy atom. The zero-order valence-corrected chi connectivity index (χ0v) is 8.55. The van der Waals surface area contributed by atoms with Crippen LogP contribution >= 0.6 is 11.7 Å². The van der Waals surface area contributed by atoms with E-state index in [4.69, 9.17) is 0 Å². The maximum absolute atomic E-state index is 10.1. The molecule has 1 atom stereocenters. The summed E-state index contributed by atoms with van der Waals surface area (Å²) < 4.78 is 8.04. The second-order valence-electron chi connectivity index (χ2n) is 4.06. The molecule has 1 aliphatic rings. The van der Waals surface area contributed by atoms with Crippen LogP contribution < -0.4 is 0 Å². The predicted octanol–water partition coefficient (Wildman–Crippen LogP) is 1.63. The van der Waals surface area contributed by atoms with Gasteiger partial charge in [0.25, 0.3) is 0 Å². The molecule has 0 aliphatic heterocycles. The number of aliphatic hydroxyl groups is 1. The van der Waals surface area contributed by atoms with Gasteiger partial charge in [-0.3, -0.25) is 0 Å². The van der Waals surface area contributed by atoms with Gasteiger partial charge in [-0.25, -0.2) is 0 Å². The van der Waals surface area contributed by atoms with Gasteiger partial charge < -0.3 is 5.11 Å². The van der Waals surface area contributed by atoms with E-state index in [0.29, 0.717) is 12.3 Å². The molecule has 4 heteroatoms. The molecule has 0 radical (unpaired) electrons. The Morgan fingerprint density at radius 1 is 1.69 bits per heavy atom. The van der Waals surface area contributed by atoms with Crippen molar-refractivity contribution in [2.45, 2.75) is 38.2 Å². The Morgan fingerprint density at radius 2 is 2.46 bits per heavy atom. The van der Waals surface area contributed by atoms with Gasteiger partial charge in [0.2, 0.25) is 0 Å². The molecule has 72 valence electrons. The van der Waals surface area contributed by atoms with E-state index in [2.05, 4.69) is 8.75 Å².